The van der Waals surface area contributed by atoms with Crippen molar-refractivity contribution in [2.75, 3.05) is 7.05 Å². The van der Waals surface area contributed by atoms with E-state index in [2.05, 4.69) is 0 Å². The van der Waals surface area contributed by atoms with Crippen molar-refractivity contribution in [1.82, 2.24) is 4.90 Å². The highest BCUT2D eigenvalue weighted by Crippen LogP contribution is 2.25. The smallest absolute Gasteiger partial charge is 0.371 e. The maximum atomic E-state index is 13.8. The number of halogens is 1. The molecule has 0 bridgehead atoms. The van der Waals surface area contributed by atoms with Gasteiger partial charge in [0.2, 0.25) is 5.76 Å². The molecule has 1 atom stereocenters. The number of carboxylic acids is 1. The Balaban J connectivity index is 2.16. The minimum Gasteiger partial charge on any atom is -0.475 e. The predicted molar refractivity (Wildman–Crippen MR) is 76.7 cm³/mol. The fraction of sp³-hybridized carbons (Fsp3) is 0.312. The van der Waals surface area contributed by atoms with Gasteiger partial charge in [0.05, 0.1) is 0 Å². The van der Waals surface area contributed by atoms with Crippen LogP contribution in [0.15, 0.2) is 34.7 Å². The average molecular weight is 291 g/mol. The molecule has 1 unspecified atom stereocenters. The van der Waals surface area contributed by atoms with Crippen LogP contribution in [0.3, 0.4) is 0 Å². The molecule has 0 amide bonds. The van der Waals surface area contributed by atoms with Gasteiger partial charge in [-0.2, -0.15) is 0 Å². The van der Waals surface area contributed by atoms with Crippen molar-refractivity contribution in [3.05, 3.63) is 58.8 Å². The Labute approximate surface area is 122 Å². The van der Waals surface area contributed by atoms with Crippen LogP contribution in [0.25, 0.3) is 0 Å². The summed E-state index contributed by atoms with van der Waals surface area (Å²) in [4.78, 5) is 12.8. The van der Waals surface area contributed by atoms with Crippen molar-refractivity contribution in [3.63, 3.8) is 0 Å². The Morgan fingerprint density at radius 2 is 2.10 bits per heavy atom. The summed E-state index contributed by atoms with van der Waals surface area (Å²) >= 11 is 0. The number of benzene rings is 1. The van der Waals surface area contributed by atoms with Crippen molar-refractivity contribution in [1.29, 1.82) is 0 Å². The summed E-state index contributed by atoms with van der Waals surface area (Å²) in [6.45, 7) is 4.12. The molecule has 0 radical (unpaired) electrons. The molecule has 0 aliphatic rings. The average Bonchev–Trinajstić information content (AvgIpc) is 2.80. The number of aromatic carboxylic acids is 1. The van der Waals surface area contributed by atoms with E-state index < -0.39 is 5.97 Å². The molecule has 1 heterocycles. The number of hydrogen-bond acceptors (Lipinski definition) is 3. The van der Waals surface area contributed by atoms with Crippen LogP contribution in [-0.4, -0.2) is 23.0 Å². The highest BCUT2D eigenvalue weighted by atomic mass is 19.1. The second-order valence-corrected chi connectivity index (χ2v) is 5.11. The molecule has 0 aliphatic heterocycles. The van der Waals surface area contributed by atoms with E-state index in [0.29, 0.717) is 17.9 Å². The van der Waals surface area contributed by atoms with Gasteiger partial charge in [0.1, 0.15) is 11.6 Å². The SMILES string of the molecule is Cc1oc(C(=O)O)cc1CN(C)C(C)c1ccccc1F. The number of furan rings is 1. The molecule has 0 saturated heterocycles. The first-order valence-corrected chi connectivity index (χ1v) is 6.67. The van der Waals surface area contributed by atoms with Crippen molar-refractivity contribution in [2.24, 2.45) is 0 Å². The molecule has 2 rings (SSSR count). The number of rotatable bonds is 5. The minimum atomic E-state index is -1.09. The van der Waals surface area contributed by atoms with Gasteiger partial charge in [-0.15, -0.1) is 0 Å². The molecular formula is C16H18FNO3. The Morgan fingerprint density at radius 3 is 2.67 bits per heavy atom. The van der Waals surface area contributed by atoms with E-state index >= 15 is 0 Å². The number of aryl methyl sites for hydroxylation is 1. The number of carboxylic acid groups (broad SMARTS) is 1. The monoisotopic (exact) mass is 291 g/mol. The second kappa shape index (κ2) is 6.10. The lowest BCUT2D eigenvalue weighted by atomic mass is 10.1. The fourth-order valence-corrected chi connectivity index (χ4v) is 2.24. The molecule has 0 aliphatic carbocycles. The third-order valence-electron chi connectivity index (χ3n) is 3.67. The minimum absolute atomic E-state index is 0.0746. The molecule has 0 spiro atoms. The van der Waals surface area contributed by atoms with Crippen LogP contribution in [0.1, 0.15) is 40.4 Å². The van der Waals surface area contributed by atoms with Crippen LogP contribution in [0, 0.1) is 12.7 Å². The maximum Gasteiger partial charge on any atom is 0.371 e. The molecule has 1 aromatic carbocycles. The van der Waals surface area contributed by atoms with E-state index in [9.17, 15) is 9.18 Å². The summed E-state index contributed by atoms with van der Waals surface area (Å²) in [5, 5.41) is 8.92. The first kappa shape index (κ1) is 15.3. The van der Waals surface area contributed by atoms with Gasteiger partial charge < -0.3 is 9.52 Å². The molecule has 5 heteroatoms. The molecule has 2 aromatic rings. The first-order valence-electron chi connectivity index (χ1n) is 6.67. The molecule has 4 nitrogen and oxygen atoms in total. The van der Waals surface area contributed by atoms with E-state index in [0.717, 1.165) is 5.56 Å². The summed E-state index contributed by atoms with van der Waals surface area (Å²) in [5.41, 5.74) is 1.40. The van der Waals surface area contributed by atoms with Crippen molar-refractivity contribution in [3.8, 4) is 0 Å². The number of carbonyl (C=O) groups is 1. The third kappa shape index (κ3) is 3.31. The van der Waals surface area contributed by atoms with Crippen LogP contribution in [0.2, 0.25) is 0 Å². The van der Waals surface area contributed by atoms with E-state index in [-0.39, 0.29) is 17.6 Å². The second-order valence-electron chi connectivity index (χ2n) is 5.11. The Bertz CT molecular complexity index is 651. The van der Waals surface area contributed by atoms with Crippen molar-refractivity contribution in [2.45, 2.75) is 26.4 Å². The summed E-state index contributed by atoms with van der Waals surface area (Å²) in [6, 6.07) is 8.03. The maximum absolute atomic E-state index is 13.8. The van der Waals surface area contributed by atoms with E-state index in [1.807, 2.05) is 18.9 Å². The highest BCUT2D eigenvalue weighted by molar-refractivity contribution is 5.84. The third-order valence-corrected chi connectivity index (χ3v) is 3.67. The van der Waals surface area contributed by atoms with Gasteiger partial charge in [-0.05, 0) is 33.0 Å². The van der Waals surface area contributed by atoms with Crippen LogP contribution < -0.4 is 0 Å². The lowest BCUT2D eigenvalue weighted by Gasteiger charge is -2.25. The van der Waals surface area contributed by atoms with Crippen molar-refractivity contribution >= 4 is 5.97 Å². The Morgan fingerprint density at radius 1 is 1.43 bits per heavy atom. The standard InChI is InChI=1S/C16H18FNO3/c1-10(13-6-4-5-7-14(13)17)18(3)9-12-8-15(16(19)20)21-11(12)2/h4-8,10H,9H2,1-3H3,(H,19,20). The van der Waals surface area contributed by atoms with E-state index in [4.69, 9.17) is 9.52 Å². The van der Waals surface area contributed by atoms with E-state index in [1.54, 1.807) is 25.1 Å². The fourth-order valence-electron chi connectivity index (χ4n) is 2.24. The highest BCUT2D eigenvalue weighted by Gasteiger charge is 2.19. The van der Waals surface area contributed by atoms with Gasteiger partial charge in [0, 0.05) is 23.7 Å². The van der Waals surface area contributed by atoms with Crippen LogP contribution in [0.4, 0.5) is 4.39 Å². The van der Waals surface area contributed by atoms with Crippen molar-refractivity contribution < 1.29 is 18.7 Å². The van der Waals surface area contributed by atoms with Crippen LogP contribution in [0.5, 0.6) is 0 Å². The molecule has 0 fully saturated rings. The molecule has 1 N–H and O–H groups in total. The van der Waals surface area contributed by atoms with Crippen LogP contribution >= 0.6 is 0 Å². The quantitative estimate of drug-likeness (QED) is 0.914. The van der Waals surface area contributed by atoms with Gasteiger partial charge in [0.15, 0.2) is 0 Å². The first-order chi connectivity index (χ1) is 9.90. The summed E-state index contributed by atoms with van der Waals surface area (Å²) in [7, 11) is 1.87. The Kier molecular flexibility index (Phi) is 4.43. The number of hydrogen-bond donors (Lipinski definition) is 1. The predicted octanol–water partition coefficient (Wildman–Crippen LogP) is 3.62. The van der Waals surface area contributed by atoms with Gasteiger partial charge in [0.25, 0.3) is 0 Å². The summed E-state index contributed by atoms with van der Waals surface area (Å²) in [6.07, 6.45) is 0. The lowest BCUT2D eigenvalue weighted by molar-refractivity contribution is 0.0661. The van der Waals surface area contributed by atoms with Gasteiger partial charge in [-0.1, -0.05) is 18.2 Å². The molecule has 21 heavy (non-hydrogen) atoms. The van der Waals surface area contributed by atoms with E-state index in [1.165, 1.54) is 12.1 Å². The van der Waals surface area contributed by atoms with Gasteiger partial charge in [-0.25, -0.2) is 9.18 Å². The molecule has 112 valence electrons. The zero-order chi connectivity index (χ0) is 15.6. The zero-order valence-corrected chi connectivity index (χ0v) is 12.3. The molecular weight excluding hydrogens is 273 g/mol. The molecule has 0 saturated carbocycles. The van der Waals surface area contributed by atoms with Gasteiger partial charge >= 0.3 is 5.97 Å². The molecule has 1 aromatic heterocycles. The summed E-state index contributed by atoms with van der Waals surface area (Å²) < 4.78 is 19.0. The Hall–Kier alpha value is -2.14. The zero-order valence-electron chi connectivity index (χ0n) is 12.3. The topological polar surface area (TPSA) is 53.7 Å². The lowest BCUT2D eigenvalue weighted by Crippen LogP contribution is -2.22. The number of nitrogens with zero attached hydrogens (tertiary/aromatic N) is 1. The largest absolute Gasteiger partial charge is 0.475 e. The summed E-state index contributed by atoms with van der Waals surface area (Å²) in [5.74, 6) is -0.837. The van der Waals surface area contributed by atoms with Gasteiger partial charge in [-0.3, -0.25) is 4.90 Å². The van der Waals surface area contributed by atoms with Crippen LogP contribution in [-0.2, 0) is 6.54 Å². The normalized spacial score (nSPS) is 12.6.